The molecular weight excluding hydrogens is 300 g/mol. The standard InChI is InChI=1S/C20H30N2O2/c1-16-8-19(11-21-10-16)13-23-6-4-17-5-7-24-20(9-17)14-22(15-20)12-18-2-3-18/h8,10-11,17-18H,2-7,9,12-15H2,1H3. The van der Waals surface area contributed by atoms with Gasteiger partial charge in [0.25, 0.3) is 0 Å². The van der Waals surface area contributed by atoms with E-state index in [1.54, 1.807) is 0 Å². The molecule has 1 saturated carbocycles. The number of aryl methyl sites for hydroxylation is 1. The Morgan fingerprint density at radius 1 is 1.25 bits per heavy atom. The SMILES string of the molecule is Cc1cncc(COCCC2CCOC3(C2)CN(CC2CC2)C3)c1. The summed E-state index contributed by atoms with van der Waals surface area (Å²) in [5.41, 5.74) is 2.55. The number of rotatable bonds is 7. The Hall–Kier alpha value is -0.970. The number of nitrogens with zero attached hydrogens (tertiary/aromatic N) is 2. The highest BCUT2D eigenvalue weighted by Crippen LogP contribution is 2.40. The van der Waals surface area contributed by atoms with Crippen LogP contribution in [0.4, 0.5) is 0 Å². The number of ether oxygens (including phenoxy) is 2. The zero-order valence-corrected chi connectivity index (χ0v) is 14.9. The summed E-state index contributed by atoms with van der Waals surface area (Å²) in [6.45, 7) is 8.17. The summed E-state index contributed by atoms with van der Waals surface area (Å²) < 4.78 is 12.0. The van der Waals surface area contributed by atoms with Crippen LogP contribution in [0.1, 0.15) is 43.2 Å². The van der Waals surface area contributed by atoms with Crippen molar-refractivity contribution >= 4 is 0 Å². The van der Waals surface area contributed by atoms with Gasteiger partial charge in [0.1, 0.15) is 0 Å². The maximum atomic E-state index is 6.16. The fourth-order valence-electron chi connectivity index (χ4n) is 4.30. The second kappa shape index (κ2) is 7.11. The van der Waals surface area contributed by atoms with Crippen LogP contribution in [0.25, 0.3) is 0 Å². The monoisotopic (exact) mass is 330 g/mol. The second-order valence-electron chi connectivity index (χ2n) is 8.22. The van der Waals surface area contributed by atoms with Crippen molar-refractivity contribution in [2.75, 3.05) is 32.8 Å². The van der Waals surface area contributed by atoms with Gasteiger partial charge in [-0.25, -0.2) is 0 Å². The molecule has 0 aromatic carbocycles. The van der Waals surface area contributed by atoms with E-state index in [9.17, 15) is 0 Å². The molecule has 1 aromatic rings. The lowest BCUT2D eigenvalue weighted by Crippen LogP contribution is -2.65. The van der Waals surface area contributed by atoms with Gasteiger partial charge in [0, 0.05) is 45.2 Å². The van der Waals surface area contributed by atoms with E-state index in [0.717, 1.165) is 44.6 Å². The van der Waals surface area contributed by atoms with Gasteiger partial charge in [0.2, 0.25) is 0 Å². The number of aromatic nitrogens is 1. The summed E-state index contributed by atoms with van der Waals surface area (Å²) >= 11 is 0. The molecule has 2 saturated heterocycles. The Bertz CT molecular complexity index is 552. The van der Waals surface area contributed by atoms with Crippen molar-refractivity contribution in [1.29, 1.82) is 0 Å². The summed E-state index contributed by atoms with van der Waals surface area (Å²) in [6, 6.07) is 2.15. The van der Waals surface area contributed by atoms with Gasteiger partial charge in [-0.15, -0.1) is 0 Å². The quantitative estimate of drug-likeness (QED) is 0.719. The maximum absolute atomic E-state index is 6.16. The molecule has 3 fully saturated rings. The summed E-state index contributed by atoms with van der Waals surface area (Å²) in [5, 5.41) is 0. The van der Waals surface area contributed by atoms with Gasteiger partial charge < -0.3 is 9.47 Å². The molecule has 1 unspecified atom stereocenters. The highest BCUT2D eigenvalue weighted by molar-refractivity contribution is 5.15. The average Bonchev–Trinajstić information content (AvgIpc) is 3.35. The van der Waals surface area contributed by atoms with Crippen LogP contribution in [0, 0.1) is 18.8 Å². The lowest BCUT2D eigenvalue weighted by Gasteiger charge is -2.53. The first kappa shape index (κ1) is 16.5. The Labute approximate surface area is 145 Å². The fourth-order valence-corrected chi connectivity index (χ4v) is 4.30. The summed E-state index contributed by atoms with van der Waals surface area (Å²) in [7, 11) is 0. The third-order valence-corrected chi connectivity index (χ3v) is 5.70. The Balaban J connectivity index is 1.16. The first-order valence-corrected chi connectivity index (χ1v) is 9.55. The van der Waals surface area contributed by atoms with Crippen LogP contribution < -0.4 is 0 Å². The molecule has 0 bridgehead atoms. The molecule has 4 rings (SSSR count). The number of likely N-dealkylation sites (tertiary alicyclic amines) is 1. The molecule has 3 heterocycles. The molecule has 4 heteroatoms. The highest BCUT2D eigenvalue weighted by atomic mass is 16.5. The average molecular weight is 330 g/mol. The molecule has 24 heavy (non-hydrogen) atoms. The molecule has 2 aliphatic heterocycles. The van der Waals surface area contributed by atoms with Crippen LogP contribution in [0.15, 0.2) is 18.5 Å². The molecule has 1 aliphatic carbocycles. The topological polar surface area (TPSA) is 34.6 Å². The van der Waals surface area contributed by atoms with Gasteiger partial charge in [-0.1, -0.05) is 6.07 Å². The van der Waals surface area contributed by atoms with E-state index in [2.05, 4.69) is 22.9 Å². The van der Waals surface area contributed by atoms with E-state index >= 15 is 0 Å². The molecule has 1 spiro atoms. The first-order chi connectivity index (χ1) is 11.7. The van der Waals surface area contributed by atoms with Gasteiger partial charge in [0.05, 0.1) is 12.2 Å². The van der Waals surface area contributed by atoms with E-state index in [-0.39, 0.29) is 5.60 Å². The third-order valence-electron chi connectivity index (χ3n) is 5.70. The van der Waals surface area contributed by atoms with Crippen LogP contribution >= 0.6 is 0 Å². The second-order valence-corrected chi connectivity index (χ2v) is 8.22. The number of hydrogen-bond donors (Lipinski definition) is 0. The van der Waals surface area contributed by atoms with Crippen LogP contribution in [0.2, 0.25) is 0 Å². The van der Waals surface area contributed by atoms with E-state index in [4.69, 9.17) is 9.47 Å². The predicted molar refractivity (Wildman–Crippen MR) is 93.8 cm³/mol. The summed E-state index contributed by atoms with van der Waals surface area (Å²) in [6.07, 6.45) is 10.3. The predicted octanol–water partition coefficient (Wildman–Crippen LogP) is 3.19. The van der Waals surface area contributed by atoms with E-state index < -0.39 is 0 Å². The lowest BCUT2D eigenvalue weighted by molar-refractivity contribution is -0.180. The van der Waals surface area contributed by atoms with Crippen molar-refractivity contribution < 1.29 is 9.47 Å². The minimum atomic E-state index is 0.179. The number of pyridine rings is 1. The summed E-state index contributed by atoms with van der Waals surface area (Å²) in [4.78, 5) is 6.82. The normalized spacial score (nSPS) is 26.5. The van der Waals surface area contributed by atoms with Crippen LogP contribution in [0.5, 0.6) is 0 Å². The van der Waals surface area contributed by atoms with Crippen molar-refractivity contribution in [1.82, 2.24) is 9.88 Å². The molecule has 1 aromatic heterocycles. The minimum absolute atomic E-state index is 0.179. The molecule has 0 amide bonds. The van der Waals surface area contributed by atoms with E-state index in [0.29, 0.717) is 6.61 Å². The van der Waals surface area contributed by atoms with Crippen LogP contribution in [-0.4, -0.2) is 48.3 Å². The smallest absolute Gasteiger partial charge is 0.0937 e. The molecule has 4 nitrogen and oxygen atoms in total. The van der Waals surface area contributed by atoms with Gasteiger partial charge >= 0.3 is 0 Å². The Morgan fingerprint density at radius 3 is 2.92 bits per heavy atom. The van der Waals surface area contributed by atoms with Crippen molar-refractivity contribution in [3.8, 4) is 0 Å². The fraction of sp³-hybridized carbons (Fsp3) is 0.750. The maximum Gasteiger partial charge on any atom is 0.0937 e. The van der Waals surface area contributed by atoms with Crippen molar-refractivity contribution in [3.05, 3.63) is 29.6 Å². The van der Waals surface area contributed by atoms with Crippen molar-refractivity contribution in [3.63, 3.8) is 0 Å². The lowest BCUT2D eigenvalue weighted by atomic mass is 9.79. The first-order valence-electron chi connectivity index (χ1n) is 9.55. The van der Waals surface area contributed by atoms with Crippen molar-refractivity contribution in [2.24, 2.45) is 11.8 Å². The molecule has 1 atom stereocenters. The van der Waals surface area contributed by atoms with Gasteiger partial charge in [-0.05, 0) is 62.0 Å². The van der Waals surface area contributed by atoms with E-state index in [1.807, 2.05) is 12.4 Å². The molecular formula is C20H30N2O2. The van der Waals surface area contributed by atoms with E-state index in [1.165, 1.54) is 43.4 Å². The Kier molecular flexibility index (Phi) is 4.88. The van der Waals surface area contributed by atoms with Crippen LogP contribution in [-0.2, 0) is 16.1 Å². The van der Waals surface area contributed by atoms with Gasteiger partial charge in [-0.2, -0.15) is 0 Å². The molecule has 0 N–H and O–H groups in total. The zero-order valence-electron chi connectivity index (χ0n) is 14.9. The van der Waals surface area contributed by atoms with Crippen LogP contribution in [0.3, 0.4) is 0 Å². The largest absolute Gasteiger partial charge is 0.377 e. The Morgan fingerprint density at radius 2 is 2.12 bits per heavy atom. The summed E-state index contributed by atoms with van der Waals surface area (Å²) in [5.74, 6) is 1.75. The minimum Gasteiger partial charge on any atom is -0.377 e. The third kappa shape index (κ3) is 4.16. The molecule has 0 radical (unpaired) electrons. The number of hydrogen-bond acceptors (Lipinski definition) is 4. The zero-order chi connectivity index (χ0) is 16.4. The van der Waals surface area contributed by atoms with Gasteiger partial charge in [-0.3, -0.25) is 9.88 Å². The molecule has 3 aliphatic rings. The highest BCUT2D eigenvalue weighted by Gasteiger charge is 2.48. The van der Waals surface area contributed by atoms with Gasteiger partial charge in [0.15, 0.2) is 0 Å². The molecule has 132 valence electrons. The van der Waals surface area contributed by atoms with Crippen molar-refractivity contribution in [2.45, 2.75) is 51.2 Å².